The molecular weight excluding hydrogens is 487 g/mol. The first-order valence-electron chi connectivity index (χ1n) is 9.86. The lowest BCUT2D eigenvalue weighted by Gasteiger charge is -2.34. The molecule has 0 radical (unpaired) electrons. The fraction of sp³-hybridized carbons (Fsp3) is 0.619. The second-order valence-electron chi connectivity index (χ2n) is 7.84. The number of nitrogens with one attached hydrogen (secondary N) is 2. The predicted molar refractivity (Wildman–Crippen MR) is 129 cm³/mol. The summed E-state index contributed by atoms with van der Waals surface area (Å²) in [5.74, 6) is 1.55. The van der Waals surface area contributed by atoms with Crippen LogP contribution in [0.5, 0.6) is 0 Å². The van der Waals surface area contributed by atoms with Gasteiger partial charge in [0.05, 0.1) is 6.54 Å². The fourth-order valence-electron chi connectivity index (χ4n) is 3.51. The van der Waals surface area contributed by atoms with Crippen molar-refractivity contribution in [3.8, 4) is 0 Å². The monoisotopic (exact) mass is 520 g/mol. The average Bonchev–Trinajstić information content (AvgIpc) is 2.66. The normalized spacial score (nSPS) is 15.8. The minimum absolute atomic E-state index is 0. The minimum atomic E-state index is -0.142. The highest BCUT2D eigenvalue weighted by Gasteiger charge is 2.26. The number of hydrogen-bond acceptors (Lipinski definition) is 2. The van der Waals surface area contributed by atoms with Crippen molar-refractivity contribution < 1.29 is 4.79 Å². The van der Waals surface area contributed by atoms with Crippen molar-refractivity contribution in [2.45, 2.75) is 45.4 Å². The topological polar surface area (TPSA) is 56.7 Å². The van der Waals surface area contributed by atoms with E-state index in [0.717, 1.165) is 49.0 Å². The van der Waals surface area contributed by atoms with Gasteiger partial charge in [-0.15, -0.1) is 24.0 Å². The lowest BCUT2D eigenvalue weighted by Crippen LogP contribution is -2.46. The maximum Gasteiger partial charge on any atom is 0.220 e. The van der Waals surface area contributed by atoms with Gasteiger partial charge in [0.15, 0.2) is 5.96 Å². The van der Waals surface area contributed by atoms with Gasteiger partial charge in [-0.05, 0) is 37.3 Å². The Labute approximate surface area is 191 Å². The average molecular weight is 521 g/mol. The Kier molecular flexibility index (Phi) is 10.6. The summed E-state index contributed by atoms with van der Waals surface area (Å²) >= 11 is 6.40. The van der Waals surface area contributed by atoms with Crippen molar-refractivity contribution in [1.82, 2.24) is 15.5 Å². The van der Waals surface area contributed by atoms with Crippen molar-refractivity contribution in [3.05, 3.63) is 34.9 Å². The van der Waals surface area contributed by atoms with Crippen LogP contribution >= 0.6 is 35.6 Å². The molecule has 1 aromatic rings. The van der Waals surface area contributed by atoms with E-state index in [9.17, 15) is 4.79 Å². The number of amides is 1. The van der Waals surface area contributed by atoms with Crippen molar-refractivity contribution >= 4 is 47.4 Å². The number of halogens is 2. The van der Waals surface area contributed by atoms with Crippen LogP contribution in [0.4, 0.5) is 0 Å². The van der Waals surface area contributed by atoms with E-state index in [2.05, 4.69) is 42.4 Å². The molecule has 1 aromatic carbocycles. The Bertz CT molecular complexity index is 658. The number of benzene rings is 1. The van der Waals surface area contributed by atoms with E-state index in [0.29, 0.717) is 18.9 Å². The largest absolute Gasteiger partial charge is 0.359 e. The zero-order valence-corrected chi connectivity index (χ0v) is 20.5. The molecular formula is C21H34ClIN4O. The van der Waals surface area contributed by atoms with Gasteiger partial charge in [0, 0.05) is 43.5 Å². The minimum Gasteiger partial charge on any atom is -0.359 e. The van der Waals surface area contributed by atoms with Crippen LogP contribution in [0.2, 0.25) is 5.02 Å². The molecule has 0 atom stereocenters. The molecule has 1 aliphatic rings. The van der Waals surface area contributed by atoms with Crippen LogP contribution in [0.3, 0.4) is 0 Å². The van der Waals surface area contributed by atoms with Gasteiger partial charge in [-0.1, -0.05) is 43.6 Å². The Hall–Kier alpha value is -1.02. The van der Waals surface area contributed by atoms with Gasteiger partial charge in [0.2, 0.25) is 5.91 Å². The number of likely N-dealkylation sites (tertiary alicyclic amines) is 1. The molecule has 5 nitrogen and oxygen atoms in total. The quantitative estimate of drug-likeness (QED) is 0.338. The van der Waals surface area contributed by atoms with E-state index in [1.54, 1.807) is 7.05 Å². The zero-order chi connectivity index (χ0) is 19.9. The van der Waals surface area contributed by atoms with Gasteiger partial charge < -0.3 is 15.5 Å². The molecule has 158 valence electrons. The standard InChI is InChI=1S/C21H33ClN4O.HI/c1-5-24-20(26-12-10-16(11-13-26)14-19(27)23-4)25-15-21(2,3)17-8-6-7-9-18(17)22;/h6-9,16H,5,10-15H2,1-4H3,(H,23,27)(H,24,25);1H. The van der Waals surface area contributed by atoms with E-state index in [-0.39, 0.29) is 35.3 Å². The molecule has 1 fully saturated rings. The van der Waals surface area contributed by atoms with Gasteiger partial charge in [0.25, 0.3) is 0 Å². The first kappa shape index (κ1) is 25.0. The number of piperidine rings is 1. The number of aliphatic imine (C=N–C) groups is 1. The molecule has 1 saturated heterocycles. The van der Waals surface area contributed by atoms with Gasteiger partial charge in [-0.25, -0.2) is 0 Å². The van der Waals surface area contributed by atoms with Crippen LogP contribution < -0.4 is 10.6 Å². The molecule has 28 heavy (non-hydrogen) atoms. The summed E-state index contributed by atoms with van der Waals surface area (Å²) < 4.78 is 0. The van der Waals surface area contributed by atoms with Gasteiger partial charge in [-0.3, -0.25) is 9.79 Å². The number of hydrogen-bond donors (Lipinski definition) is 2. The van der Waals surface area contributed by atoms with E-state index in [1.165, 1.54) is 0 Å². The molecule has 1 aliphatic heterocycles. The van der Waals surface area contributed by atoms with Crippen LogP contribution in [0.1, 0.15) is 45.6 Å². The van der Waals surface area contributed by atoms with Crippen molar-refractivity contribution in [2.75, 3.05) is 33.2 Å². The first-order valence-corrected chi connectivity index (χ1v) is 10.2. The third-order valence-electron chi connectivity index (χ3n) is 5.23. The highest BCUT2D eigenvalue weighted by Crippen LogP contribution is 2.30. The first-order chi connectivity index (χ1) is 12.9. The molecule has 2 N–H and O–H groups in total. The van der Waals surface area contributed by atoms with Crippen LogP contribution in [-0.4, -0.2) is 50.0 Å². The lowest BCUT2D eigenvalue weighted by molar-refractivity contribution is -0.121. The second-order valence-corrected chi connectivity index (χ2v) is 8.25. The molecule has 0 saturated carbocycles. The van der Waals surface area contributed by atoms with Crippen LogP contribution in [0.25, 0.3) is 0 Å². The molecule has 0 aliphatic carbocycles. The molecule has 7 heteroatoms. The highest BCUT2D eigenvalue weighted by molar-refractivity contribution is 14.0. The summed E-state index contributed by atoms with van der Waals surface area (Å²) in [7, 11) is 1.70. The van der Waals surface area contributed by atoms with E-state index in [1.807, 2.05) is 18.2 Å². The molecule has 2 rings (SSSR count). The second kappa shape index (κ2) is 11.9. The highest BCUT2D eigenvalue weighted by atomic mass is 127. The van der Waals surface area contributed by atoms with E-state index < -0.39 is 0 Å². The summed E-state index contributed by atoms with van der Waals surface area (Å²) in [6.45, 7) is 9.81. The lowest BCUT2D eigenvalue weighted by atomic mass is 9.85. The summed E-state index contributed by atoms with van der Waals surface area (Å²) in [5, 5.41) is 6.94. The Morgan fingerprint density at radius 3 is 2.50 bits per heavy atom. The molecule has 0 bridgehead atoms. The smallest absolute Gasteiger partial charge is 0.220 e. The van der Waals surface area contributed by atoms with Crippen LogP contribution in [-0.2, 0) is 10.2 Å². The maximum absolute atomic E-state index is 11.6. The van der Waals surface area contributed by atoms with Crippen molar-refractivity contribution in [1.29, 1.82) is 0 Å². The summed E-state index contributed by atoms with van der Waals surface area (Å²) in [6, 6.07) is 7.99. The third-order valence-corrected chi connectivity index (χ3v) is 5.56. The molecule has 0 spiro atoms. The summed E-state index contributed by atoms with van der Waals surface area (Å²) in [4.78, 5) is 18.8. The number of carbonyl (C=O) groups excluding carboxylic acids is 1. The van der Waals surface area contributed by atoms with Crippen LogP contribution in [0.15, 0.2) is 29.3 Å². The van der Waals surface area contributed by atoms with E-state index >= 15 is 0 Å². The number of guanidine groups is 1. The van der Waals surface area contributed by atoms with Gasteiger partial charge >= 0.3 is 0 Å². The Morgan fingerprint density at radius 1 is 1.29 bits per heavy atom. The third kappa shape index (κ3) is 7.10. The summed E-state index contributed by atoms with van der Waals surface area (Å²) in [5.41, 5.74) is 0.979. The predicted octanol–water partition coefficient (Wildman–Crippen LogP) is 4.05. The number of carbonyl (C=O) groups is 1. The van der Waals surface area contributed by atoms with Crippen molar-refractivity contribution in [2.24, 2.45) is 10.9 Å². The molecule has 1 amide bonds. The van der Waals surface area contributed by atoms with Gasteiger partial charge in [0.1, 0.15) is 0 Å². The SMILES string of the molecule is CCNC(=NCC(C)(C)c1ccccc1Cl)N1CCC(CC(=O)NC)CC1.I. The number of rotatable bonds is 6. The van der Waals surface area contributed by atoms with Gasteiger partial charge in [-0.2, -0.15) is 0 Å². The molecule has 0 unspecified atom stereocenters. The Morgan fingerprint density at radius 2 is 1.93 bits per heavy atom. The maximum atomic E-state index is 11.6. The van der Waals surface area contributed by atoms with Crippen molar-refractivity contribution in [3.63, 3.8) is 0 Å². The zero-order valence-electron chi connectivity index (χ0n) is 17.4. The van der Waals surface area contributed by atoms with Crippen LogP contribution in [0, 0.1) is 5.92 Å². The Balaban J connectivity index is 0.00000392. The fourth-order valence-corrected chi connectivity index (χ4v) is 3.90. The summed E-state index contributed by atoms with van der Waals surface area (Å²) in [6.07, 6.45) is 2.66. The molecule has 1 heterocycles. The number of nitrogens with zero attached hydrogens (tertiary/aromatic N) is 2. The molecule has 0 aromatic heterocycles. The van der Waals surface area contributed by atoms with E-state index in [4.69, 9.17) is 16.6 Å².